The van der Waals surface area contributed by atoms with Gasteiger partial charge in [-0.25, -0.2) is 4.79 Å². The fraction of sp³-hybridized carbons (Fsp3) is 0.250. The Kier molecular flexibility index (Phi) is 3.75. The van der Waals surface area contributed by atoms with E-state index in [2.05, 4.69) is 16.6 Å². The Labute approximate surface area is 88.7 Å². The van der Waals surface area contributed by atoms with Crippen molar-refractivity contribution in [2.75, 3.05) is 6.61 Å². The summed E-state index contributed by atoms with van der Waals surface area (Å²) in [5.41, 5.74) is 1.53. The van der Waals surface area contributed by atoms with E-state index in [0.717, 1.165) is 5.56 Å². The van der Waals surface area contributed by atoms with Crippen molar-refractivity contribution in [3.05, 3.63) is 29.3 Å². The Hall–Kier alpha value is -1.95. The fourth-order valence-corrected chi connectivity index (χ4v) is 1.07. The number of aryl methyl sites for hydroxylation is 1. The predicted molar refractivity (Wildman–Crippen MR) is 56.4 cm³/mol. The number of carbonyl (C=O) groups is 1. The van der Waals surface area contributed by atoms with Crippen LogP contribution in [-0.4, -0.2) is 17.7 Å². The third-order valence-electron chi connectivity index (χ3n) is 1.78. The molecule has 0 aliphatic rings. The molecule has 0 aliphatic carbocycles. The number of rotatable bonds is 1. The molecule has 0 radical (unpaired) electrons. The van der Waals surface area contributed by atoms with Crippen LogP contribution in [-0.2, 0) is 9.53 Å². The first-order valence-electron chi connectivity index (χ1n) is 4.62. The van der Waals surface area contributed by atoms with Crippen LogP contribution in [0.2, 0.25) is 0 Å². The fourth-order valence-electron chi connectivity index (χ4n) is 1.07. The molecule has 0 amide bonds. The molecule has 1 N–H and O–H groups in total. The minimum absolute atomic E-state index is 0.189. The van der Waals surface area contributed by atoms with Crippen LogP contribution in [0.1, 0.15) is 18.1 Å². The van der Waals surface area contributed by atoms with Crippen LogP contribution in [0.5, 0.6) is 5.75 Å². The van der Waals surface area contributed by atoms with Crippen LogP contribution in [0.4, 0.5) is 0 Å². The second kappa shape index (κ2) is 5.06. The zero-order chi connectivity index (χ0) is 11.3. The van der Waals surface area contributed by atoms with Gasteiger partial charge in [0, 0.05) is 11.5 Å². The summed E-state index contributed by atoms with van der Waals surface area (Å²) in [6.45, 7) is 3.86. The molecule has 0 aromatic heterocycles. The Balaban J connectivity index is 2.84. The topological polar surface area (TPSA) is 46.5 Å². The molecule has 3 heteroatoms. The molecular formula is C12H12O3. The molecule has 1 aromatic rings. The number of hydrogen-bond donors (Lipinski definition) is 1. The van der Waals surface area contributed by atoms with Crippen LogP contribution in [0, 0.1) is 18.8 Å². The van der Waals surface area contributed by atoms with Crippen molar-refractivity contribution in [3.63, 3.8) is 0 Å². The lowest BCUT2D eigenvalue weighted by Crippen LogP contribution is -1.99. The zero-order valence-corrected chi connectivity index (χ0v) is 8.70. The van der Waals surface area contributed by atoms with Gasteiger partial charge in [-0.2, -0.15) is 0 Å². The first-order chi connectivity index (χ1) is 7.13. The van der Waals surface area contributed by atoms with Crippen molar-refractivity contribution < 1.29 is 14.6 Å². The highest BCUT2D eigenvalue weighted by atomic mass is 16.5. The first-order valence-corrected chi connectivity index (χ1v) is 4.62. The molecule has 1 aromatic carbocycles. The van der Waals surface area contributed by atoms with Crippen molar-refractivity contribution in [1.82, 2.24) is 0 Å². The van der Waals surface area contributed by atoms with Gasteiger partial charge in [-0.1, -0.05) is 5.92 Å². The van der Waals surface area contributed by atoms with E-state index in [1.54, 1.807) is 19.1 Å². The Bertz CT molecular complexity index is 424. The van der Waals surface area contributed by atoms with E-state index in [1.807, 2.05) is 6.92 Å². The SMILES string of the molecule is CCOC(=O)C#Cc1ccc(O)cc1C. The van der Waals surface area contributed by atoms with Crippen LogP contribution >= 0.6 is 0 Å². The molecule has 0 aliphatic heterocycles. The van der Waals surface area contributed by atoms with Crippen LogP contribution in [0.25, 0.3) is 0 Å². The van der Waals surface area contributed by atoms with Crippen molar-refractivity contribution >= 4 is 5.97 Å². The quantitative estimate of drug-likeness (QED) is 0.558. The Morgan fingerprint density at radius 3 is 2.87 bits per heavy atom. The number of esters is 1. The van der Waals surface area contributed by atoms with Crippen molar-refractivity contribution in [1.29, 1.82) is 0 Å². The van der Waals surface area contributed by atoms with Gasteiger partial charge in [-0.05, 0) is 37.6 Å². The van der Waals surface area contributed by atoms with E-state index >= 15 is 0 Å². The number of phenols is 1. The number of hydrogen-bond acceptors (Lipinski definition) is 3. The standard InChI is InChI=1S/C12H12O3/c1-3-15-12(14)7-5-10-4-6-11(13)8-9(10)2/h4,6,8,13H,3H2,1-2H3. The molecule has 1 rings (SSSR count). The molecule has 3 nitrogen and oxygen atoms in total. The van der Waals surface area contributed by atoms with Gasteiger partial charge in [0.1, 0.15) is 5.75 Å². The summed E-state index contributed by atoms with van der Waals surface area (Å²) < 4.78 is 4.67. The summed E-state index contributed by atoms with van der Waals surface area (Å²) in [6, 6.07) is 4.79. The lowest BCUT2D eigenvalue weighted by Gasteiger charge is -1.98. The predicted octanol–water partition coefficient (Wildman–Crippen LogP) is 1.62. The highest BCUT2D eigenvalue weighted by Gasteiger charge is 1.97. The number of ether oxygens (including phenoxy) is 1. The van der Waals surface area contributed by atoms with Crippen LogP contribution in [0.15, 0.2) is 18.2 Å². The van der Waals surface area contributed by atoms with Gasteiger partial charge in [0.05, 0.1) is 6.61 Å². The largest absolute Gasteiger partial charge is 0.508 e. The number of carbonyl (C=O) groups excluding carboxylic acids is 1. The summed E-state index contributed by atoms with van der Waals surface area (Å²) in [5, 5.41) is 9.16. The molecule has 0 bridgehead atoms. The molecular weight excluding hydrogens is 192 g/mol. The molecule has 0 saturated carbocycles. The molecule has 0 heterocycles. The summed E-state index contributed by atoms with van der Waals surface area (Å²) >= 11 is 0. The molecule has 78 valence electrons. The van der Waals surface area contributed by atoms with E-state index < -0.39 is 5.97 Å². The maximum atomic E-state index is 10.9. The smallest absolute Gasteiger partial charge is 0.384 e. The second-order valence-electron chi connectivity index (χ2n) is 2.97. The molecule has 0 spiro atoms. The normalized spacial score (nSPS) is 8.93. The number of aromatic hydroxyl groups is 1. The Morgan fingerprint density at radius 1 is 1.53 bits per heavy atom. The summed E-state index contributed by atoms with van der Waals surface area (Å²) in [7, 11) is 0. The van der Waals surface area contributed by atoms with Crippen LogP contribution in [0.3, 0.4) is 0 Å². The van der Waals surface area contributed by atoms with Crippen molar-refractivity contribution in [2.24, 2.45) is 0 Å². The van der Waals surface area contributed by atoms with Gasteiger partial charge in [0.15, 0.2) is 0 Å². The first kappa shape index (κ1) is 11.1. The Morgan fingerprint density at radius 2 is 2.27 bits per heavy atom. The molecule has 15 heavy (non-hydrogen) atoms. The monoisotopic (exact) mass is 204 g/mol. The average molecular weight is 204 g/mol. The maximum Gasteiger partial charge on any atom is 0.384 e. The highest BCUT2D eigenvalue weighted by Crippen LogP contribution is 2.14. The van der Waals surface area contributed by atoms with Crippen LogP contribution < -0.4 is 0 Å². The molecule has 0 fully saturated rings. The zero-order valence-electron chi connectivity index (χ0n) is 8.70. The van der Waals surface area contributed by atoms with E-state index in [9.17, 15) is 4.79 Å². The molecule has 0 unspecified atom stereocenters. The minimum Gasteiger partial charge on any atom is -0.508 e. The minimum atomic E-state index is -0.537. The third-order valence-corrected chi connectivity index (χ3v) is 1.78. The summed E-state index contributed by atoms with van der Waals surface area (Å²) in [4.78, 5) is 10.9. The summed E-state index contributed by atoms with van der Waals surface area (Å²) in [6.07, 6.45) is 0. The lowest BCUT2D eigenvalue weighted by molar-refractivity contribution is -0.136. The van der Waals surface area contributed by atoms with Gasteiger partial charge in [-0.15, -0.1) is 0 Å². The van der Waals surface area contributed by atoms with E-state index in [4.69, 9.17) is 5.11 Å². The van der Waals surface area contributed by atoms with Gasteiger partial charge >= 0.3 is 5.97 Å². The molecule has 0 atom stereocenters. The van der Waals surface area contributed by atoms with E-state index in [1.165, 1.54) is 6.07 Å². The molecule has 0 saturated heterocycles. The lowest BCUT2D eigenvalue weighted by atomic mass is 10.1. The maximum absolute atomic E-state index is 10.9. The van der Waals surface area contributed by atoms with Gasteiger partial charge < -0.3 is 9.84 Å². The third kappa shape index (κ3) is 3.35. The van der Waals surface area contributed by atoms with Gasteiger partial charge in [-0.3, -0.25) is 0 Å². The van der Waals surface area contributed by atoms with Gasteiger partial charge in [0.2, 0.25) is 0 Å². The van der Waals surface area contributed by atoms with Crippen molar-refractivity contribution in [2.45, 2.75) is 13.8 Å². The second-order valence-corrected chi connectivity index (χ2v) is 2.97. The number of benzene rings is 1. The average Bonchev–Trinajstić information content (AvgIpc) is 2.17. The van der Waals surface area contributed by atoms with Gasteiger partial charge in [0.25, 0.3) is 0 Å². The summed E-state index contributed by atoms with van der Waals surface area (Å²) in [5.74, 6) is 4.71. The number of phenolic OH excluding ortho intramolecular Hbond substituents is 1. The highest BCUT2D eigenvalue weighted by molar-refractivity contribution is 5.89. The van der Waals surface area contributed by atoms with E-state index in [-0.39, 0.29) is 5.75 Å². The van der Waals surface area contributed by atoms with E-state index in [0.29, 0.717) is 12.2 Å². The van der Waals surface area contributed by atoms with Crippen molar-refractivity contribution in [3.8, 4) is 17.6 Å².